The SMILES string of the molecule is O=C1CCC(c2ccc3nc(-c4ccccc4)oc3c2)=NN1. The Bertz CT molecular complexity index is 881. The molecule has 3 aromatic rings. The second kappa shape index (κ2) is 5.11. The summed E-state index contributed by atoms with van der Waals surface area (Å²) in [4.78, 5) is 15.7. The maximum atomic E-state index is 11.2. The minimum absolute atomic E-state index is 0.0455. The summed E-state index contributed by atoms with van der Waals surface area (Å²) in [5.41, 5.74) is 6.79. The first-order chi connectivity index (χ1) is 10.8. The lowest BCUT2D eigenvalue weighted by atomic mass is 10.0. The molecule has 0 saturated carbocycles. The van der Waals surface area contributed by atoms with Crippen molar-refractivity contribution < 1.29 is 9.21 Å². The van der Waals surface area contributed by atoms with E-state index in [1.807, 2.05) is 48.5 Å². The zero-order valence-electron chi connectivity index (χ0n) is 11.7. The van der Waals surface area contributed by atoms with Crippen molar-refractivity contribution >= 4 is 22.7 Å². The van der Waals surface area contributed by atoms with E-state index in [1.54, 1.807) is 0 Å². The Hall–Kier alpha value is -2.95. The molecule has 0 atom stereocenters. The third-order valence-electron chi connectivity index (χ3n) is 3.65. The van der Waals surface area contributed by atoms with E-state index in [4.69, 9.17) is 4.42 Å². The molecular weight excluding hydrogens is 278 g/mol. The molecule has 0 fully saturated rings. The molecule has 0 aliphatic carbocycles. The van der Waals surface area contributed by atoms with Crippen molar-refractivity contribution in [2.75, 3.05) is 0 Å². The van der Waals surface area contributed by atoms with Crippen molar-refractivity contribution in [3.63, 3.8) is 0 Å². The van der Waals surface area contributed by atoms with E-state index in [0.717, 1.165) is 27.9 Å². The first-order valence-corrected chi connectivity index (χ1v) is 7.11. The molecule has 2 heterocycles. The van der Waals surface area contributed by atoms with E-state index in [9.17, 15) is 4.79 Å². The van der Waals surface area contributed by atoms with Crippen LogP contribution in [0.25, 0.3) is 22.6 Å². The van der Waals surface area contributed by atoms with E-state index in [1.165, 1.54) is 0 Å². The molecule has 0 spiro atoms. The number of aromatic nitrogens is 1. The van der Waals surface area contributed by atoms with Crippen LogP contribution in [0.1, 0.15) is 18.4 Å². The number of hydrogen-bond acceptors (Lipinski definition) is 4. The Morgan fingerprint density at radius 1 is 1.00 bits per heavy atom. The molecule has 2 aromatic carbocycles. The van der Waals surface area contributed by atoms with Crippen molar-refractivity contribution in [2.45, 2.75) is 12.8 Å². The summed E-state index contributed by atoms with van der Waals surface area (Å²) in [6, 6.07) is 15.6. The molecule has 0 saturated heterocycles. The van der Waals surface area contributed by atoms with Crippen molar-refractivity contribution in [1.82, 2.24) is 10.4 Å². The van der Waals surface area contributed by atoms with Gasteiger partial charge in [-0.15, -0.1) is 0 Å². The van der Waals surface area contributed by atoms with Crippen molar-refractivity contribution in [1.29, 1.82) is 0 Å². The van der Waals surface area contributed by atoms with Gasteiger partial charge in [0, 0.05) is 24.0 Å². The number of rotatable bonds is 2. The van der Waals surface area contributed by atoms with Gasteiger partial charge in [0.2, 0.25) is 11.8 Å². The fourth-order valence-electron chi connectivity index (χ4n) is 2.49. The van der Waals surface area contributed by atoms with E-state index >= 15 is 0 Å². The van der Waals surface area contributed by atoms with Gasteiger partial charge in [-0.2, -0.15) is 5.10 Å². The van der Waals surface area contributed by atoms with Crippen LogP contribution in [0.3, 0.4) is 0 Å². The fraction of sp³-hybridized carbons (Fsp3) is 0.118. The summed E-state index contributed by atoms with van der Waals surface area (Å²) in [7, 11) is 0. The number of fused-ring (bicyclic) bond motifs is 1. The van der Waals surface area contributed by atoms with E-state index < -0.39 is 0 Å². The summed E-state index contributed by atoms with van der Waals surface area (Å²) in [5.74, 6) is 0.558. The lowest BCUT2D eigenvalue weighted by molar-refractivity contribution is -0.121. The Kier molecular flexibility index (Phi) is 2.96. The topological polar surface area (TPSA) is 67.5 Å². The zero-order valence-corrected chi connectivity index (χ0v) is 11.7. The number of carbonyl (C=O) groups is 1. The Labute approximate surface area is 126 Å². The van der Waals surface area contributed by atoms with Crippen LogP contribution in [0.5, 0.6) is 0 Å². The number of amides is 1. The normalized spacial score (nSPS) is 14.7. The predicted molar refractivity (Wildman–Crippen MR) is 83.4 cm³/mol. The minimum atomic E-state index is -0.0455. The van der Waals surface area contributed by atoms with Gasteiger partial charge < -0.3 is 4.42 Å². The third kappa shape index (κ3) is 2.26. The van der Waals surface area contributed by atoms with Crippen LogP contribution in [0, 0.1) is 0 Å². The second-order valence-corrected chi connectivity index (χ2v) is 5.16. The molecule has 0 radical (unpaired) electrons. The third-order valence-corrected chi connectivity index (χ3v) is 3.65. The largest absolute Gasteiger partial charge is 0.436 e. The molecular formula is C17H13N3O2. The molecule has 1 amide bonds. The van der Waals surface area contributed by atoms with Gasteiger partial charge in [0.05, 0.1) is 5.71 Å². The zero-order chi connectivity index (χ0) is 14.9. The number of oxazole rings is 1. The van der Waals surface area contributed by atoms with Gasteiger partial charge in [-0.05, 0) is 24.3 Å². The van der Waals surface area contributed by atoms with Crippen molar-refractivity contribution in [2.24, 2.45) is 5.10 Å². The number of hydrazone groups is 1. The molecule has 1 aromatic heterocycles. The molecule has 1 N–H and O–H groups in total. The molecule has 0 unspecified atom stereocenters. The average Bonchev–Trinajstić information content (AvgIpc) is 2.99. The van der Waals surface area contributed by atoms with Crippen LogP contribution in [-0.2, 0) is 4.79 Å². The number of benzene rings is 2. The summed E-state index contributed by atoms with van der Waals surface area (Å²) in [6.45, 7) is 0. The number of hydrogen-bond donors (Lipinski definition) is 1. The lowest BCUT2D eigenvalue weighted by Crippen LogP contribution is -2.25. The van der Waals surface area contributed by atoms with Crippen LogP contribution in [0.4, 0.5) is 0 Å². The molecule has 22 heavy (non-hydrogen) atoms. The molecule has 1 aliphatic rings. The molecule has 5 nitrogen and oxygen atoms in total. The average molecular weight is 291 g/mol. The van der Waals surface area contributed by atoms with Crippen LogP contribution in [0.2, 0.25) is 0 Å². The monoisotopic (exact) mass is 291 g/mol. The van der Waals surface area contributed by atoms with E-state index in [0.29, 0.717) is 18.7 Å². The highest BCUT2D eigenvalue weighted by Crippen LogP contribution is 2.25. The van der Waals surface area contributed by atoms with Gasteiger partial charge in [-0.25, -0.2) is 10.4 Å². The van der Waals surface area contributed by atoms with Crippen LogP contribution >= 0.6 is 0 Å². The van der Waals surface area contributed by atoms with Gasteiger partial charge in [-0.3, -0.25) is 4.79 Å². The smallest absolute Gasteiger partial charge is 0.240 e. The summed E-state index contributed by atoms with van der Waals surface area (Å²) < 4.78 is 5.85. The Morgan fingerprint density at radius 3 is 2.64 bits per heavy atom. The van der Waals surface area contributed by atoms with Gasteiger partial charge in [0.15, 0.2) is 5.58 Å². The highest BCUT2D eigenvalue weighted by Gasteiger charge is 2.15. The van der Waals surface area contributed by atoms with Gasteiger partial charge in [0.25, 0.3) is 0 Å². The van der Waals surface area contributed by atoms with Crippen LogP contribution in [-0.4, -0.2) is 16.6 Å². The van der Waals surface area contributed by atoms with Gasteiger partial charge in [0.1, 0.15) is 5.52 Å². The summed E-state index contributed by atoms with van der Waals surface area (Å²) in [5, 5.41) is 4.11. The van der Waals surface area contributed by atoms with Crippen LogP contribution < -0.4 is 5.43 Å². The molecule has 0 bridgehead atoms. The van der Waals surface area contributed by atoms with Gasteiger partial charge in [-0.1, -0.05) is 24.3 Å². The minimum Gasteiger partial charge on any atom is -0.436 e. The molecule has 4 rings (SSSR count). The first kappa shape index (κ1) is 12.8. The highest BCUT2D eigenvalue weighted by molar-refractivity contribution is 6.05. The summed E-state index contributed by atoms with van der Waals surface area (Å²) >= 11 is 0. The van der Waals surface area contributed by atoms with E-state index in [2.05, 4.69) is 15.5 Å². The molecule has 1 aliphatic heterocycles. The first-order valence-electron chi connectivity index (χ1n) is 7.11. The quantitative estimate of drug-likeness (QED) is 0.788. The number of nitrogens with one attached hydrogen (secondary N) is 1. The standard InChI is InChI=1S/C17H13N3O2/c21-16-9-8-13(19-20-16)12-6-7-14-15(10-12)22-17(18-14)11-4-2-1-3-5-11/h1-7,10H,8-9H2,(H,20,21). The maximum Gasteiger partial charge on any atom is 0.240 e. The van der Waals surface area contributed by atoms with Crippen molar-refractivity contribution in [3.8, 4) is 11.5 Å². The predicted octanol–water partition coefficient (Wildman–Crippen LogP) is 3.11. The van der Waals surface area contributed by atoms with Gasteiger partial charge >= 0.3 is 0 Å². The van der Waals surface area contributed by atoms with E-state index in [-0.39, 0.29) is 5.91 Å². The lowest BCUT2D eigenvalue weighted by Gasteiger charge is -2.11. The molecule has 5 heteroatoms. The highest BCUT2D eigenvalue weighted by atomic mass is 16.3. The molecule has 108 valence electrons. The Balaban J connectivity index is 1.74. The second-order valence-electron chi connectivity index (χ2n) is 5.16. The van der Waals surface area contributed by atoms with Crippen LogP contribution in [0.15, 0.2) is 58.0 Å². The fourth-order valence-corrected chi connectivity index (χ4v) is 2.49. The summed E-state index contributed by atoms with van der Waals surface area (Å²) in [6.07, 6.45) is 1.10. The van der Waals surface area contributed by atoms with Crippen molar-refractivity contribution in [3.05, 3.63) is 54.1 Å². The Morgan fingerprint density at radius 2 is 1.86 bits per heavy atom. The maximum absolute atomic E-state index is 11.2. The number of carbonyl (C=O) groups excluding carboxylic acids is 1. The number of nitrogens with zero attached hydrogens (tertiary/aromatic N) is 2.